The first-order valence-corrected chi connectivity index (χ1v) is 19.8. The summed E-state index contributed by atoms with van der Waals surface area (Å²) >= 11 is 0. The molecular weight excluding hydrogens is 701 g/mol. The fraction of sp³-hybridized carbons (Fsp3) is 0. The van der Waals surface area contributed by atoms with Crippen LogP contribution in [0.15, 0.2) is 243 Å². The van der Waals surface area contributed by atoms with Crippen molar-refractivity contribution < 1.29 is 0 Å². The lowest BCUT2D eigenvalue weighted by atomic mass is 9.96. The molecule has 0 aromatic heterocycles. The summed E-state index contributed by atoms with van der Waals surface area (Å²) in [6.07, 6.45) is 0. The first-order chi connectivity index (χ1) is 28.7. The van der Waals surface area contributed by atoms with Crippen molar-refractivity contribution in [2.45, 2.75) is 0 Å². The van der Waals surface area contributed by atoms with Crippen molar-refractivity contribution in [2.24, 2.45) is 0 Å². The zero-order chi connectivity index (χ0) is 38.7. The molecule has 10 rings (SSSR count). The summed E-state index contributed by atoms with van der Waals surface area (Å²) in [5.74, 6) is 0. The third kappa shape index (κ3) is 7.00. The Morgan fingerprint density at radius 1 is 0.172 bits per heavy atom. The van der Waals surface area contributed by atoms with E-state index in [-0.39, 0.29) is 0 Å². The summed E-state index contributed by atoms with van der Waals surface area (Å²) in [6.45, 7) is 0. The molecule has 0 saturated carbocycles. The van der Waals surface area contributed by atoms with Crippen LogP contribution < -0.4 is 9.80 Å². The third-order valence-electron chi connectivity index (χ3n) is 11.0. The number of hydrogen-bond donors (Lipinski definition) is 0. The highest BCUT2D eigenvalue weighted by atomic mass is 15.1. The molecule has 0 radical (unpaired) electrons. The second-order valence-electron chi connectivity index (χ2n) is 14.7. The van der Waals surface area contributed by atoms with Crippen molar-refractivity contribution in [1.82, 2.24) is 0 Å². The van der Waals surface area contributed by atoms with E-state index in [9.17, 15) is 0 Å². The Labute approximate surface area is 340 Å². The fourth-order valence-corrected chi connectivity index (χ4v) is 8.04. The third-order valence-corrected chi connectivity index (χ3v) is 11.0. The summed E-state index contributed by atoms with van der Waals surface area (Å²) in [5.41, 5.74) is 13.9. The van der Waals surface area contributed by atoms with Crippen LogP contribution in [0.25, 0.3) is 54.9 Å². The second kappa shape index (κ2) is 15.5. The Bertz CT molecular complexity index is 2780. The van der Waals surface area contributed by atoms with E-state index in [1.54, 1.807) is 0 Å². The van der Waals surface area contributed by atoms with E-state index in [0.29, 0.717) is 0 Å². The lowest BCUT2D eigenvalue weighted by molar-refractivity contribution is 1.29. The van der Waals surface area contributed by atoms with Gasteiger partial charge in [0.15, 0.2) is 0 Å². The molecule has 58 heavy (non-hydrogen) atoms. The maximum absolute atomic E-state index is 2.33. The van der Waals surface area contributed by atoms with Gasteiger partial charge < -0.3 is 9.80 Å². The predicted molar refractivity (Wildman–Crippen MR) is 247 cm³/mol. The first kappa shape index (κ1) is 34.8. The van der Waals surface area contributed by atoms with Gasteiger partial charge in [0.2, 0.25) is 0 Å². The van der Waals surface area contributed by atoms with Gasteiger partial charge in [-0.1, -0.05) is 158 Å². The standard InChI is InChI=1S/C56H40N2/c1-3-21-51(22-4-1)57(55-35-29-41-13-7-9-15-49(41)39-55)53-31-25-43(26-32-53)45-17-11-19-47(37-45)48-20-12-18-46(38-48)44-27-33-54(34-28-44)58(52-23-5-2-6-24-52)56-36-30-42-14-8-10-16-50(42)40-56/h1-40H. The molecule has 2 nitrogen and oxygen atoms in total. The van der Waals surface area contributed by atoms with Gasteiger partial charge in [-0.15, -0.1) is 0 Å². The molecule has 2 heteroatoms. The molecule has 0 aliphatic rings. The highest BCUT2D eigenvalue weighted by Gasteiger charge is 2.15. The number of anilines is 6. The molecule has 0 spiro atoms. The minimum Gasteiger partial charge on any atom is -0.310 e. The number of nitrogens with zero attached hydrogens (tertiary/aromatic N) is 2. The molecule has 274 valence electrons. The highest BCUT2D eigenvalue weighted by molar-refractivity contribution is 5.91. The van der Waals surface area contributed by atoms with Gasteiger partial charge in [-0.05, 0) is 140 Å². The largest absolute Gasteiger partial charge is 0.310 e. The van der Waals surface area contributed by atoms with Crippen LogP contribution in [-0.2, 0) is 0 Å². The van der Waals surface area contributed by atoms with Crippen LogP contribution in [0.3, 0.4) is 0 Å². The monoisotopic (exact) mass is 740 g/mol. The van der Waals surface area contributed by atoms with Gasteiger partial charge in [0.1, 0.15) is 0 Å². The smallest absolute Gasteiger partial charge is 0.0468 e. The van der Waals surface area contributed by atoms with E-state index in [0.717, 1.165) is 34.1 Å². The quantitative estimate of drug-likeness (QED) is 0.145. The first-order valence-electron chi connectivity index (χ1n) is 19.8. The molecule has 0 saturated heterocycles. The molecule has 0 heterocycles. The molecular formula is C56H40N2. The van der Waals surface area contributed by atoms with E-state index in [1.807, 2.05) is 0 Å². The number of fused-ring (bicyclic) bond motifs is 2. The molecule has 0 aliphatic heterocycles. The number of hydrogen-bond acceptors (Lipinski definition) is 2. The zero-order valence-corrected chi connectivity index (χ0v) is 32.0. The molecule has 10 aromatic carbocycles. The fourth-order valence-electron chi connectivity index (χ4n) is 8.04. The summed E-state index contributed by atoms with van der Waals surface area (Å²) in [4.78, 5) is 4.65. The maximum Gasteiger partial charge on any atom is 0.0468 e. The number of rotatable bonds is 9. The van der Waals surface area contributed by atoms with Crippen LogP contribution in [0.4, 0.5) is 34.1 Å². The lowest BCUT2D eigenvalue weighted by Gasteiger charge is -2.26. The molecule has 0 amide bonds. The Balaban J connectivity index is 0.928. The van der Waals surface area contributed by atoms with Crippen LogP contribution >= 0.6 is 0 Å². The molecule has 0 atom stereocenters. The Kier molecular flexibility index (Phi) is 9.27. The number of benzene rings is 10. The average Bonchev–Trinajstić information content (AvgIpc) is 3.30. The van der Waals surface area contributed by atoms with E-state index < -0.39 is 0 Å². The van der Waals surface area contributed by atoms with Gasteiger partial charge >= 0.3 is 0 Å². The van der Waals surface area contributed by atoms with E-state index in [1.165, 1.54) is 54.9 Å². The minimum absolute atomic E-state index is 1.12. The van der Waals surface area contributed by atoms with Gasteiger partial charge in [-0.3, -0.25) is 0 Å². The van der Waals surface area contributed by atoms with Gasteiger partial charge in [0, 0.05) is 34.1 Å². The molecule has 0 fully saturated rings. The minimum atomic E-state index is 1.12. The van der Waals surface area contributed by atoms with Crippen molar-refractivity contribution >= 4 is 55.7 Å². The van der Waals surface area contributed by atoms with Gasteiger partial charge in [-0.25, -0.2) is 0 Å². The van der Waals surface area contributed by atoms with Crippen LogP contribution in [0.5, 0.6) is 0 Å². The SMILES string of the molecule is c1ccc(N(c2ccc(-c3cccc(-c4cccc(-c5ccc(N(c6ccccc6)c6ccc7ccccc7c6)cc5)c4)c3)cc2)c2ccc3ccccc3c2)cc1. The predicted octanol–water partition coefficient (Wildman–Crippen LogP) is 15.9. The normalized spacial score (nSPS) is 11.1. The van der Waals surface area contributed by atoms with Crippen molar-refractivity contribution in [3.63, 3.8) is 0 Å². The Morgan fingerprint density at radius 2 is 0.483 bits per heavy atom. The van der Waals surface area contributed by atoms with Crippen molar-refractivity contribution in [2.75, 3.05) is 9.80 Å². The summed E-state index contributed by atoms with van der Waals surface area (Å²) in [6, 6.07) is 87.2. The molecule has 0 N–H and O–H groups in total. The van der Waals surface area contributed by atoms with Crippen LogP contribution in [0, 0.1) is 0 Å². The number of para-hydroxylation sites is 2. The van der Waals surface area contributed by atoms with Crippen LogP contribution in [0.2, 0.25) is 0 Å². The molecule has 0 unspecified atom stereocenters. The van der Waals surface area contributed by atoms with E-state index >= 15 is 0 Å². The summed E-state index contributed by atoms with van der Waals surface area (Å²) in [7, 11) is 0. The van der Waals surface area contributed by atoms with Gasteiger partial charge in [0.05, 0.1) is 0 Å². The highest BCUT2D eigenvalue weighted by Crippen LogP contribution is 2.39. The Morgan fingerprint density at radius 3 is 0.879 bits per heavy atom. The summed E-state index contributed by atoms with van der Waals surface area (Å²) in [5, 5.41) is 4.92. The molecule has 0 aliphatic carbocycles. The van der Waals surface area contributed by atoms with Crippen molar-refractivity contribution in [3.05, 3.63) is 243 Å². The topological polar surface area (TPSA) is 6.48 Å². The zero-order valence-electron chi connectivity index (χ0n) is 32.0. The maximum atomic E-state index is 2.33. The molecule has 0 bridgehead atoms. The van der Waals surface area contributed by atoms with Crippen LogP contribution in [0.1, 0.15) is 0 Å². The lowest BCUT2D eigenvalue weighted by Crippen LogP contribution is -2.09. The van der Waals surface area contributed by atoms with E-state index in [2.05, 4.69) is 252 Å². The van der Waals surface area contributed by atoms with Crippen molar-refractivity contribution in [1.29, 1.82) is 0 Å². The second-order valence-corrected chi connectivity index (χ2v) is 14.7. The van der Waals surface area contributed by atoms with Gasteiger partial charge in [-0.2, -0.15) is 0 Å². The summed E-state index contributed by atoms with van der Waals surface area (Å²) < 4.78 is 0. The average molecular weight is 741 g/mol. The molecule has 10 aromatic rings. The van der Waals surface area contributed by atoms with Gasteiger partial charge in [0.25, 0.3) is 0 Å². The van der Waals surface area contributed by atoms with Crippen LogP contribution in [-0.4, -0.2) is 0 Å². The van der Waals surface area contributed by atoms with Crippen molar-refractivity contribution in [3.8, 4) is 33.4 Å². The Hall–Kier alpha value is -7.68. The van der Waals surface area contributed by atoms with E-state index in [4.69, 9.17) is 0 Å².